The highest BCUT2D eigenvalue weighted by Gasteiger charge is 2.27. The van der Waals surface area contributed by atoms with Gasteiger partial charge in [0.1, 0.15) is 0 Å². The van der Waals surface area contributed by atoms with Gasteiger partial charge in [-0.15, -0.1) is 0 Å². The molecule has 0 aromatic heterocycles. The van der Waals surface area contributed by atoms with E-state index in [1.807, 2.05) is 18.2 Å². The number of benzene rings is 1. The van der Waals surface area contributed by atoms with Gasteiger partial charge in [-0.3, -0.25) is 4.79 Å². The van der Waals surface area contributed by atoms with Crippen molar-refractivity contribution in [3.63, 3.8) is 0 Å². The average Bonchev–Trinajstić information content (AvgIpc) is 2.52. The Morgan fingerprint density at radius 3 is 2.29 bits per heavy atom. The highest BCUT2D eigenvalue weighted by Crippen LogP contribution is 2.27. The van der Waals surface area contributed by atoms with Crippen molar-refractivity contribution in [2.75, 3.05) is 24.9 Å². The predicted octanol–water partition coefficient (Wildman–Crippen LogP) is 3.30. The van der Waals surface area contributed by atoms with E-state index in [4.69, 9.17) is 9.47 Å². The first kappa shape index (κ1) is 18.3. The van der Waals surface area contributed by atoms with Crippen LogP contribution in [0.2, 0.25) is 0 Å². The summed E-state index contributed by atoms with van der Waals surface area (Å²) in [6.07, 6.45) is 1.16. The summed E-state index contributed by atoms with van der Waals surface area (Å²) in [5, 5.41) is 4.50. The highest BCUT2D eigenvalue weighted by molar-refractivity contribution is 9.09. The second kappa shape index (κ2) is 8.63. The van der Waals surface area contributed by atoms with Gasteiger partial charge >= 0.3 is 0 Å². The molecule has 0 fully saturated rings. The van der Waals surface area contributed by atoms with E-state index in [9.17, 15) is 4.79 Å². The third kappa shape index (κ3) is 4.88. The van der Waals surface area contributed by atoms with Gasteiger partial charge in [0, 0.05) is 10.7 Å². The van der Waals surface area contributed by atoms with Gasteiger partial charge in [-0.25, -0.2) is 0 Å². The number of amides is 1. The molecule has 21 heavy (non-hydrogen) atoms. The number of halogens is 2. The number of ether oxygens (including phenoxy) is 2. The first-order valence-electron chi connectivity index (χ1n) is 6.68. The highest BCUT2D eigenvalue weighted by atomic mass is 79.9. The monoisotopic (exact) mass is 421 g/mol. The summed E-state index contributed by atoms with van der Waals surface area (Å²) in [6.45, 7) is 2.05. The number of methoxy groups -OCH3 is 2. The minimum atomic E-state index is -0.256. The molecule has 1 aromatic carbocycles. The molecular weight excluding hydrogens is 402 g/mol. The van der Waals surface area contributed by atoms with Crippen LogP contribution in [-0.2, 0) is 11.2 Å². The van der Waals surface area contributed by atoms with E-state index in [1.165, 1.54) is 0 Å². The summed E-state index contributed by atoms with van der Waals surface area (Å²) >= 11 is 6.94. The first-order valence-corrected chi connectivity index (χ1v) is 8.92. The molecule has 0 radical (unpaired) electrons. The number of rotatable bonds is 8. The van der Waals surface area contributed by atoms with Gasteiger partial charge in [-0.2, -0.15) is 0 Å². The Hall–Kier alpha value is -0.750. The molecule has 0 atom stereocenters. The van der Waals surface area contributed by atoms with E-state index in [-0.39, 0.29) is 11.4 Å². The summed E-state index contributed by atoms with van der Waals surface area (Å²) in [5.74, 6) is 1.28. The zero-order valence-corrected chi connectivity index (χ0v) is 15.7. The van der Waals surface area contributed by atoms with Gasteiger partial charge in [0.05, 0.1) is 26.2 Å². The smallest absolute Gasteiger partial charge is 0.224 e. The Balaban J connectivity index is 2.79. The zero-order valence-electron chi connectivity index (χ0n) is 12.5. The number of carbonyl (C=O) groups excluding carboxylic acids is 1. The van der Waals surface area contributed by atoms with Crippen LogP contribution in [0.3, 0.4) is 0 Å². The van der Waals surface area contributed by atoms with E-state index in [0.29, 0.717) is 28.6 Å². The van der Waals surface area contributed by atoms with Crippen molar-refractivity contribution in [1.82, 2.24) is 5.32 Å². The molecule has 0 bridgehead atoms. The average molecular weight is 423 g/mol. The molecule has 0 unspecified atom stereocenters. The second-order valence-corrected chi connectivity index (χ2v) is 5.94. The molecule has 118 valence electrons. The summed E-state index contributed by atoms with van der Waals surface area (Å²) in [4.78, 5) is 12.2. The maximum Gasteiger partial charge on any atom is 0.224 e. The lowest BCUT2D eigenvalue weighted by atomic mass is 10.0. The van der Waals surface area contributed by atoms with Crippen LogP contribution in [0, 0.1) is 0 Å². The first-order chi connectivity index (χ1) is 10.0. The van der Waals surface area contributed by atoms with Crippen LogP contribution in [0.25, 0.3) is 0 Å². The molecule has 0 aliphatic heterocycles. The molecule has 1 rings (SSSR count). The lowest BCUT2D eigenvalue weighted by Gasteiger charge is -2.30. The van der Waals surface area contributed by atoms with Crippen molar-refractivity contribution in [2.45, 2.75) is 25.3 Å². The third-order valence-corrected chi connectivity index (χ3v) is 5.55. The maximum absolute atomic E-state index is 12.2. The van der Waals surface area contributed by atoms with Gasteiger partial charge in [0.2, 0.25) is 5.91 Å². The van der Waals surface area contributed by atoms with Crippen LogP contribution < -0.4 is 14.8 Å². The Kier molecular flexibility index (Phi) is 7.52. The number of carbonyl (C=O) groups is 1. The SMILES string of the molecule is CCC(CBr)(CBr)NC(=O)Cc1ccc(OC)c(OC)c1. The van der Waals surface area contributed by atoms with E-state index in [0.717, 1.165) is 12.0 Å². The van der Waals surface area contributed by atoms with E-state index in [2.05, 4.69) is 44.1 Å². The normalized spacial score (nSPS) is 11.1. The summed E-state index contributed by atoms with van der Waals surface area (Å²) in [6, 6.07) is 5.51. The Morgan fingerprint density at radius 2 is 1.81 bits per heavy atom. The predicted molar refractivity (Wildman–Crippen MR) is 92.0 cm³/mol. The molecular formula is C15H21Br2NO3. The third-order valence-electron chi connectivity index (χ3n) is 3.41. The van der Waals surface area contributed by atoms with Crippen molar-refractivity contribution in [1.29, 1.82) is 0 Å². The fourth-order valence-corrected chi connectivity index (χ4v) is 3.90. The minimum absolute atomic E-state index is 0.0111. The minimum Gasteiger partial charge on any atom is -0.493 e. The Bertz CT molecular complexity index is 468. The van der Waals surface area contributed by atoms with E-state index >= 15 is 0 Å². The molecule has 6 heteroatoms. The topological polar surface area (TPSA) is 47.6 Å². The van der Waals surface area contributed by atoms with Gasteiger partial charge in [-0.05, 0) is 24.1 Å². The van der Waals surface area contributed by atoms with Crippen molar-refractivity contribution in [3.05, 3.63) is 23.8 Å². The molecule has 4 nitrogen and oxygen atoms in total. The fourth-order valence-electron chi connectivity index (χ4n) is 1.90. The zero-order chi connectivity index (χ0) is 15.9. The molecule has 0 spiro atoms. The van der Waals surface area contributed by atoms with Crippen molar-refractivity contribution in [2.24, 2.45) is 0 Å². The van der Waals surface area contributed by atoms with Gasteiger partial charge in [-0.1, -0.05) is 44.8 Å². The van der Waals surface area contributed by atoms with E-state index < -0.39 is 0 Å². The number of nitrogens with one attached hydrogen (secondary N) is 1. The molecule has 1 aromatic rings. The standard InChI is InChI=1S/C15H21Br2NO3/c1-4-15(9-16,10-17)18-14(19)8-11-5-6-12(20-2)13(7-11)21-3/h5-7H,4,8-10H2,1-3H3,(H,18,19). The number of alkyl halides is 2. The molecule has 0 aliphatic carbocycles. The van der Waals surface area contributed by atoms with Crippen LogP contribution in [0.15, 0.2) is 18.2 Å². The summed E-state index contributed by atoms with van der Waals surface area (Å²) in [7, 11) is 3.17. The summed E-state index contributed by atoms with van der Waals surface area (Å²) in [5.41, 5.74) is 0.632. The molecule has 0 heterocycles. The molecule has 0 aliphatic rings. The second-order valence-electron chi connectivity index (χ2n) is 4.82. The van der Waals surface area contributed by atoms with Crippen LogP contribution in [0.4, 0.5) is 0 Å². The van der Waals surface area contributed by atoms with Gasteiger partial charge in [0.25, 0.3) is 0 Å². The van der Waals surface area contributed by atoms with Crippen molar-refractivity contribution < 1.29 is 14.3 Å². The van der Waals surface area contributed by atoms with Gasteiger partial charge < -0.3 is 14.8 Å². The fraction of sp³-hybridized carbons (Fsp3) is 0.533. The lowest BCUT2D eigenvalue weighted by Crippen LogP contribution is -2.51. The quantitative estimate of drug-likeness (QED) is 0.653. The largest absolute Gasteiger partial charge is 0.493 e. The lowest BCUT2D eigenvalue weighted by molar-refractivity contribution is -0.121. The number of hydrogen-bond donors (Lipinski definition) is 1. The van der Waals surface area contributed by atoms with Crippen molar-refractivity contribution >= 4 is 37.8 Å². The Morgan fingerprint density at radius 1 is 1.19 bits per heavy atom. The molecule has 1 N–H and O–H groups in total. The Labute approximate surface area is 142 Å². The van der Waals surface area contributed by atoms with Crippen LogP contribution in [-0.4, -0.2) is 36.3 Å². The van der Waals surface area contributed by atoms with Crippen LogP contribution >= 0.6 is 31.9 Å². The summed E-state index contributed by atoms with van der Waals surface area (Å²) < 4.78 is 10.4. The van der Waals surface area contributed by atoms with Crippen LogP contribution in [0.5, 0.6) is 11.5 Å². The number of hydrogen-bond acceptors (Lipinski definition) is 3. The molecule has 1 amide bonds. The van der Waals surface area contributed by atoms with E-state index in [1.54, 1.807) is 14.2 Å². The van der Waals surface area contributed by atoms with Gasteiger partial charge in [0.15, 0.2) is 11.5 Å². The van der Waals surface area contributed by atoms with Crippen molar-refractivity contribution in [3.8, 4) is 11.5 Å². The molecule has 0 saturated heterocycles. The maximum atomic E-state index is 12.2. The van der Waals surface area contributed by atoms with Crippen LogP contribution in [0.1, 0.15) is 18.9 Å². The molecule has 0 saturated carbocycles.